The Morgan fingerprint density at radius 1 is 1.89 bits per heavy atom. The summed E-state index contributed by atoms with van der Waals surface area (Å²) in [6, 6.07) is 0. The van der Waals surface area contributed by atoms with Crippen LogP contribution in [0.1, 0.15) is 6.92 Å². The van der Waals surface area contributed by atoms with Crippen LogP contribution in [-0.2, 0) is 4.74 Å². The highest BCUT2D eigenvalue weighted by Crippen LogP contribution is 2.29. The van der Waals surface area contributed by atoms with Gasteiger partial charge in [-0.15, -0.1) is 6.58 Å². The van der Waals surface area contributed by atoms with Gasteiger partial charge < -0.3 is 9.84 Å². The maximum atomic E-state index is 8.56. The van der Waals surface area contributed by atoms with Gasteiger partial charge in [0, 0.05) is 5.92 Å². The third-order valence-corrected chi connectivity index (χ3v) is 1.69. The molecular weight excluding hydrogens is 116 g/mol. The fourth-order valence-electron chi connectivity index (χ4n) is 0.900. The van der Waals surface area contributed by atoms with E-state index in [4.69, 9.17) is 9.84 Å². The minimum absolute atomic E-state index is 0.0815. The van der Waals surface area contributed by atoms with Crippen LogP contribution in [0.2, 0.25) is 0 Å². The van der Waals surface area contributed by atoms with Crippen molar-refractivity contribution in [2.45, 2.75) is 19.1 Å². The lowest BCUT2D eigenvalue weighted by Crippen LogP contribution is -2.05. The molecule has 1 unspecified atom stereocenters. The summed E-state index contributed by atoms with van der Waals surface area (Å²) in [5, 5.41) is 8.56. The molecule has 9 heavy (non-hydrogen) atoms. The molecule has 1 fully saturated rings. The molecule has 1 N–H and O–H groups in total. The fourth-order valence-corrected chi connectivity index (χ4v) is 0.900. The number of hydrogen-bond acceptors (Lipinski definition) is 2. The molecule has 2 nitrogen and oxygen atoms in total. The third kappa shape index (κ3) is 1.32. The first-order chi connectivity index (χ1) is 4.29. The zero-order chi connectivity index (χ0) is 6.85. The Kier molecular flexibility index (Phi) is 1.88. The van der Waals surface area contributed by atoms with Crippen molar-refractivity contribution in [2.75, 3.05) is 6.61 Å². The summed E-state index contributed by atoms with van der Waals surface area (Å²) in [6.45, 7) is 5.81. The quantitative estimate of drug-likeness (QED) is 0.445. The second kappa shape index (κ2) is 2.50. The minimum atomic E-state index is 0.0815. The smallest absolute Gasteiger partial charge is 0.108 e. The van der Waals surface area contributed by atoms with Crippen molar-refractivity contribution < 1.29 is 9.84 Å². The van der Waals surface area contributed by atoms with Gasteiger partial charge in [0.2, 0.25) is 0 Å². The first-order valence-electron chi connectivity index (χ1n) is 3.18. The van der Waals surface area contributed by atoms with Crippen molar-refractivity contribution in [3.8, 4) is 0 Å². The number of hydrogen-bond donors (Lipinski definition) is 1. The van der Waals surface area contributed by atoms with Crippen LogP contribution in [0.3, 0.4) is 0 Å². The van der Waals surface area contributed by atoms with Gasteiger partial charge in [0.15, 0.2) is 0 Å². The molecule has 0 aromatic heterocycles. The molecule has 3 atom stereocenters. The molecule has 1 saturated heterocycles. The summed E-state index contributed by atoms with van der Waals surface area (Å²) < 4.78 is 5.10. The molecule has 1 rings (SSSR count). The zero-order valence-corrected chi connectivity index (χ0v) is 5.58. The molecule has 2 heteroatoms. The topological polar surface area (TPSA) is 32.8 Å². The van der Waals surface area contributed by atoms with E-state index in [1.807, 2.05) is 13.0 Å². The van der Waals surface area contributed by atoms with E-state index in [9.17, 15) is 0 Å². The summed E-state index contributed by atoms with van der Waals surface area (Å²) in [6.07, 6.45) is 2.16. The highest BCUT2D eigenvalue weighted by molar-refractivity contribution is 4.95. The molecular formula is C7H12O2. The molecule has 0 radical (unpaired) electrons. The third-order valence-electron chi connectivity index (χ3n) is 1.69. The van der Waals surface area contributed by atoms with Crippen molar-refractivity contribution in [1.29, 1.82) is 0 Å². The Bertz CT molecular complexity index is 111. The normalized spacial score (nSPS) is 35.8. The Labute approximate surface area is 55.1 Å². The lowest BCUT2D eigenvalue weighted by Gasteiger charge is -1.96. The predicted molar refractivity (Wildman–Crippen MR) is 35.1 cm³/mol. The maximum absolute atomic E-state index is 8.56. The van der Waals surface area contributed by atoms with E-state index in [1.54, 1.807) is 0 Å². The van der Waals surface area contributed by atoms with Crippen molar-refractivity contribution in [1.82, 2.24) is 0 Å². The van der Waals surface area contributed by atoms with Crippen molar-refractivity contribution in [3.63, 3.8) is 0 Å². The van der Waals surface area contributed by atoms with Crippen molar-refractivity contribution in [2.24, 2.45) is 5.92 Å². The number of epoxide rings is 1. The lowest BCUT2D eigenvalue weighted by atomic mass is 10.1. The van der Waals surface area contributed by atoms with Gasteiger partial charge in [-0.25, -0.2) is 0 Å². The molecule has 1 aliphatic heterocycles. The summed E-state index contributed by atoms with van der Waals surface area (Å²) in [5.74, 6) is 0.377. The van der Waals surface area contributed by atoms with Gasteiger partial charge >= 0.3 is 0 Å². The largest absolute Gasteiger partial charge is 0.394 e. The zero-order valence-electron chi connectivity index (χ0n) is 5.58. The Balaban J connectivity index is 2.24. The van der Waals surface area contributed by atoms with Crippen LogP contribution in [-0.4, -0.2) is 23.9 Å². The first kappa shape index (κ1) is 6.78. The van der Waals surface area contributed by atoms with Crippen LogP contribution in [0.25, 0.3) is 0 Å². The minimum Gasteiger partial charge on any atom is -0.394 e. The highest BCUT2D eigenvalue weighted by Gasteiger charge is 2.40. The molecule has 0 aromatic rings. The molecule has 0 amide bonds. The first-order valence-corrected chi connectivity index (χ1v) is 3.18. The summed E-state index contributed by atoms with van der Waals surface area (Å²) in [4.78, 5) is 0. The Morgan fingerprint density at radius 2 is 2.56 bits per heavy atom. The summed E-state index contributed by atoms with van der Waals surface area (Å²) in [7, 11) is 0. The van der Waals surface area contributed by atoms with Gasteiger partial charge in [-0.2, -0.15) is 0 Å². The molecule has 0 aliphatic carbocycles. The molecule has 0 bridgehead atoms. The Hall–Kier alpha value is -0.340. The SMILES string of the molecule is C=CC(C)[C@@H]1O[C@H]1CO. The number of rotatable bonds is 3. The number of aliphatic hydroxyl groups excluding tert-OH is 1. The van der Waals surface area contributed by atoms with Crippen LogP contribution < -0.4 is 0 Å². The van der Waals surface area contributed by atoms with Gasteiger partial charge in [0.25, 0.3) is 0 Å². The molecule has 52 valence electrons. The van der Waals surface area contributed by atoms with Crippen LogP contribution in [0.5, 0.6) is 0 Å². The highest BCUT2D eigenvalue weighted by atomic mass is 16.6. The van der Waals surface area contributed by atoms with Gasteiger partial charge in [0.05, 0.1) is 12.7 Å². The van der Waals surface area contributed by atoms with E-state index >= 15 is 0 Å². The Morgan fingerprint density at radius 3 is 2.89 bits per heavy atom. The van der Waals surface area contributed by atoms with Crippen molar-refractivity contribution >= 4 is 0 Å². The average molecular weight is 128 g/mol. The van der Waals surface area contributed by atoms with E-state index in [1.165, 1.54) is 0 Å². The molecule has 0 aromatic carbocycles. The van der Waals surface area contributed by atoms with Crippen LogP contribution in [0.15, 0.2) is 12.7 Å². The summed E-state index contributed by atoms with van der Waals surface area (Å²) in [5.41, 5.74) is 0. The number of ether oxygens (including phenoxy) is 1. The van der Waals surface area contributed by atoms with Gasteiger partial charge in [-0.3, -0.25) is 0 Å². The maximum Gasteiger partial charge on any atom is 0.108 e. The van der Waals surface area contributed by atoms with Gasteiger partial charge in [-0.1, -0.05) is 13.0 Å². The van der Waals surface area contributed by atoms with Crippen LogP contribution in [0, 0.1) is 5.92 Å². The van der Waals surface area contributed by atoms with Gasteiger partial charge in [0.1, 0.15) is 6.10 Å². The van der Waals surface area contributed by atoms with Gasteiger partial charge in [-0.05, 0) is 0 Å². The second-order valence-electron chi connectivity index (χ2n) is 2.42. The van der Waals surface area contributed by atoms with Crippen molar-refractivity contribution in [3.05, 3.63) is 12.7 Å². The standard InChI is InChI=1S/C7H12O2/c1-3-5(2)7-6(4-8)9-7/h3,5-8H,1,4H2,2H3/t5?,6-,7-/m0/s1. The van der Waals surface area contributed by atoms with E-state index in [-0.39, 0.29) is 18.8 Å². The fraction of sp³-hybridized carbons (Fsp3) is 0.714. The molecule has 1 aliphatic rings. The van der Waals surface area contributed by atoms with E-state index < -0.39 is 0 Å². The summed E-state index contributed by atoms with van der Waals surface area (Å²) >= 11 is 0. The van der Waals surface area contributed by atoms with Crippen LogP contribution >= 0.6 is 0 Å². The van der Waals surface area contributed by atoms with E-state index in [2.05, 4.69) is 6.58 Å². The van der Waals surface area contributed by atoms with Crippen LogP contribution in [0.4, 0.5) is 0 Å². The predicted octanol–water partition coefficient (Wildman–Crippen LogP) is 0.568. The molecule has 0 saturated carbocycles. The second-order valence-corrected chi connectivity index (χ2v) is 2.42. The monoisotopic (exact) mass is 128 g/mol. The molecule has 0 spiro atoms. The molecule has 1 heterocycles. The lowest BCUT2D eigenvalue weighted by molar-refractivity contribution is 0.240. The van der Waals surface area contributed by atoms with E-state index in [0.29, 0.717) is 5.92 Å². The van der Waals surface area contributed by atoms with E-state index in [0.717, 1.165) is 0 Å². The number of aliphatic hydroxyl groups is 1. The average Bonchev–Trinajstić information content (AvgIpc) is 2.64.